The third kappa shape index (κ3) is 2.73. The topological polar surface area (TPSA) is 79.0 Å². The summed E-state index contributed by atoms with van der Waals surface area (Å²) >= 11 is 0. The predicted molar refractivity (Wildman–Crippen MR) is 76.8 cm³/mol. The normalized spacial score (nSPS) is 12.3. The number of sulfonamides is 1. The first-order valence-corrected chi connectivity index (χ1v) is 7.71. The van der Waals surface area contributed by atoms with Crippen molar-refractivity contribution in [1.82, 2.24) is 19.5 Å². The van der Waals surface area contributed by atoms with E-state index in [-0.39, 0.29) is 10.8 Å². The van der Waals surface area contributed by atoms with Crippen molar-refractivity contribution in [3.05, 3.63) is 30.1 Å². The second kappa shape index (κ2) is 5.34. The molecule has 108 valence electrons. The van der Waals surface area contributed by atoms with Crippen molar-refractivity contribution in [2.24, 2.45) is 0 Å². The van der Waals surface area contributed by atoms with Crippen molar-refractivity contribution in [1.29, 1.82) is 0 Å². The number of benzene rings is 1. The SMILES string of the molecule is CC(C)c1nc(-c2ccc(S(=O)(=O)N(C)C)cc2)n[nH]1. The number of H-pyrrole nitrogens is 1. The van der Waals surface area contributed by atoms with E-state index < -0.39 is 10.0 Å². The minimum atomic E-state index is -3.40. The fourth-order valence-electron chi connectivity index (χ4n) is 1.65. The van der Waals surface area contributed by atoms with Gasteiger partial charge in [0.15, 0.2) is 5.82 Å². The summed E-state index contributed by atoms with van der Waals surface area (Å²) in [5, 5.41) is 7.02. The average molecular weight is 294 g/mol. The highest BCUT2D eigenvalue weighted by Gasteiger charge is 2.17. The van der Waals surface area contributed by atoms with Gasteiger partial charge in [-0.3, -0.25) is 5.10 Å². The summed E-state index contributed by atoms with van der Waals surface area (Å²) in [5.74, 6) is 1.65. The largest absolute Gasteiger partial charge is 0.262 e. The number of aromatic nitrogens is 3. The number of hydrogen-bond acceptors (Lipinski definition) is 4. The third-order valence-electron chi connectivity index (χ3n) is 2.94. The maximum atomic E-state index is 12.0. The molecule has 1 N–H and O–H groups in total. The highest BCUT2D eigenvalue weighted by atomic mass is 32.2. The molecule has 0 saturated heterocycles. The van der Waals surface area contributed by atoms with Crippen molar-refractivity contribution < 1.29 is 8.42 Å². The molecule has 1 heterocycles. The molecule has 0 bridgehead atoms. The first-order valence-electron chi connectivity index (χ1n) is 6.27. The number of rotatable bonds is 4. The molecular formula is C13H18N4O2S. The van der Waals surface area contributed by atoms with Crippen LogP contribution in [0, 0.1) is 0 Å². The Labute approximate surface area is 118 Å². The molecule has 0 radical (unpaired) electrons. The average Bonchev–Trinajstić information content (AvgIpc) is 2.88. The third-order valence-corrected chi connectivity index (χ3v) is 4.77. The second-order valence-corrected chi connectivity index (χ2v) is 7.16. The lowest BCUT2D eigenvalue weighted by Crippen LogP contribution is -2.22. The van der Waals surface area contributed by atoms with Crippen LogP contribution in [-0.4, -0.2) is 42.0 Å². The van der Waals surface area contributed by atoms with E-state index in [2.05, 4.69) is 15.2 Å². The molecule has 0 unspecified atom stereocenters. The first kappa shape index (κ1) is 14.7. The summed E-state index contributed by atoms with van der Waals surface area (Å²) in [4.78, 5) is 4.64. The smallest absolute Gasteiger partial charge is 0.242 e. The first-order chi connectivity index (χ1) is 9.32. The molecule has 0 aliphatic rings. The van der Waals surface area contributed by atoms with Crippen LogP contribution in [0.3, 0.4) is 0 Å². The Kier molecular flexibility index (Phi) is 3.92. The summed E-state index contributed by atoms with van der Waals surface area (Å²) in [5.41, 5.74) is 0.783. The quantitative estimate of drug-likeness (QED) is 0.933. The molecule has 2 aromatic rings. The highest BCUT2D eigenvalue weighted by Crippen LogP contribution is 2.20. The summed E-state index contributed by atoms with van der Waals surface area (Å²) in [7, 11) is -0.385. The zero-order valence-corrected chi connectivity index (χ0v) is 12.8. The van der Waals surface area contributed by atoms with Crippen molar-refractivity contribution in [3.63, 3.8) is 0 Å². The molecule has 0 aliphatic carbocycles. The van der Waals surface area contributed by atoms with Gasteiger partial charge in [0, 0.05) is 25.6 Å². The Morgan fingerprint density at radius 2 is 1.75 bits per heavy atom. The molecule has 20 heavy (non-hydrogen) atoms. The summed E-state index contributed by atoms with van der Waals surface area (Å²) < 4.78 is 25.1. The van der Waals surface area contributed by atoms with Crippen LogP contribution in [0.25, 0.3) is 11.4 Å². The number of nitrogens with one attached hydrogen (secondary N) is 1. The van der Waals surface area contributed by atoms with Gasteiger partial charge in [0.25, 0.3) is 0 Å². The Balaban J connectivity index is 2.33. The Morgan fingerprint density at radius 3 is 2.20 bits per heavy atom. The van der Waals surface area contributed by atoms with Crippen molar-refractivity contribution >= 4 is 10.0 Å². The van der Waals surface area contributed by atoms with E-state index >= 15 is 0 Å². The summed E-state index contributed by atoms with van der Waals surface area (Å²) in [6, 6.07) is 6.56. The molecular weight excluding hydrogens is 276 g/mol. The predicted octanol–water partition coefficient (Wildman–Crippen LogP) is 1.85. The molecule has 1 aromatic heterocycles. The van der Waals surface area contributed by atoms with Crippen molar-refractivity contribution in [3.8, 4) is 11.4 Å². The number of nitrogens with zero attached hydrogens (tertiary/aromatic N) is 3. The number of hydrogen-bond donors (Lipinski definition) is 1. The van der Waals surface area contributed by atoms with E-state index in [1.807, 2.05) is 13.8 Å². The van der Waals surface area contributed by atoms with Gasteiger partial charge in [-0.25, -0.2) is 17.7 Å². The van der Waals surface area contributed by atoms with Gasteiger partial charge in [-0.1, -0.05) is 13.8 Å². The number of aromatic amines is 1. The van der Waals surface area contributed by atoms with Gasteiger partial charge in [0.1, 0.15) is 5.82 Å². The minimum absolute atomic E-state index is 0.255. The van der Waals surface area contributed by atoms with Crippen LogP contribution in [0.1, 0.15) is 25.6 Å². The van der Waals surface area contributed by atoms with E-state index in [4.69, 9.17) is 0 Å². The van der Waals surface area contributed by atoms with E-state index in [0.717, 1.165) is 11.4 Å². The Bertz CT molecular complexity index is 687. The Morgan fingerprint density at radius 1 is 1.15 bits per heavy atom. The van der Waals surface area contributed by atoms with Crippen LogP contribution in [0.4, 0.5) is 0 Å². The van der Waals surface area contributed by atoms with E-state index in [0.29, 0.717) is 5.82 Å². The molecule has 0 spiro atoms. The maximum absolute atomic E-state index is 12.0. The van der Waals surface area contributed by atoms with Gasteiger partial charge in [-0.2, -0.15) is 5.10 Å². The molecule has 7 heteroatoms. The molecule has 1 aromatic carbocycles. The zero-order valence-electron chi connectivity index (χ0n) is 12.0. The van der Waals surface area contributed by atoms with Gasteiger partial charge >= 0.3 is 0 Å². The van der Waals surface area contributed by atoms with E-state index in [1.54, 1.807) is 24.3 Å². The fourth-order valence-corrected chi connectivity index (χ4v) is 2.55. The van der Waals surface area contributed by atoms with Gasteiger partial charge in [-0.15, -0.1) is 0 Å². The lowest BCUT2D eigenvalue weighted by atomic mass is 10.2. The van der Waals surface area contributed by atoms with Gasteiger partial charge in [-0.05, 0) is 24.3 Å². The van der Waals surface area contributed by atoms with Crippen LogP contribution in [0.15, 0.2) is 29.2 Å². The van der Waals surface area contributed by atoms with Gasteiger partial charge < -0.3 is 0 Å². The van der Waals surface area contributed by atoms with Gasteiger partial charge in [0.2, 0.25) is 10.0 Å². The molecule has 0 atom stereocenters. The molecule has 0 fully saturated rings. The second-order valence-electron chi connectivity index (χ2n) is 5.01. The minimum Gasteiger partial charge on any atom is -0.262 e. The summed E-state index contributed by atoms with van der Waals surface area (Å²) in [6.07, 6.45) is 0. The molecule has 0 aliphatic heterocycles. The van der Waals surface area contributed by atoms with Crippen molar-refractivity contribution in [2.45, 2.75) is 24.7 Å². The van der Waals surface area contributed by atoms with Crippen LogP contribution in [0.5, 0.6) is 0 Å². The van der Waals surface area contributed by atoms with E-state index in [1.165, 1.54) is 18.4 Å². The Hall–Kier alpha value is -1.73. The molecule has 0 amide bonds. The van der Waals surface area contributed by atoms with Crippen LogP contribution in [0.2, 0.25) is 0 Å². The van der Waals surface area contributed by atoms with E-state index in [9.17, 15) is 8.42 Å². The fraction of sp³-hybridized carbons (Fsp3) is 0.385. The standard InChI is InChI=1S/C13H18N4O2S/c1-9(2)12-14-13(16-15-12)10-5-7-11(8-6-10)20(18,19)17(3)4/h5-9H,1-4H3,(H,14,15,16). The lowest BCUT2D eigenvalue weighted by molar-refractivity contribution is 0.521. The maximum Gasteiger partial charge on any atom is 0.242 e. The van der Waals surface area contributed by atoms with Crippen molar-refractivity contribution in [2.75, 3.05) is 14.1 Å². The monoisotopic (exact) mass is 294 g/mol. The molecule has 2 rings (SSSR count). The van der Waals surface area contributed by atoms with Crippen LogP contribution < -0.4 is 0 Å². The molecule has 6 nitrogen and oxygen atoms in total. The summed E-state index contributed by atoms with van der Waals surface area (Å²) in [6.45, 7) is 4.05. The lowest BCUT2D eigenvalue weighted by Gasteiger charge is -2.11. The van der Waals surface area contributed by atoms with Gasteiger partial charge in [0.05, 0.1) is 4.90 Å². The van der Waals surface area contributed by atoms with Crippen LogP contribution in [-0.2, 0) is 10.0 Å². The zero-order chi connectivity index (χ0) is 14.9. The van der Waals surface area contributed by atoms with Crippen LogP contribution >= 0.6 is 0 Å². The molecule has 0 saturated carbocycles. The highest BCUT2D eigenvalue weighted by molar-refractivity contribution is 7.89.